The Bertz CT molecular complexity index is 747. The standard InChI is InChI=1S/C17H15BrClFN2O/c18-14-10-12(20)4-5-13(14)17(23)21-15-9-11(19)3-6-16(15)22-7-1-2-8-22/h3-6,9-10H,1-2,7-8H2,(H,21,23). The molecule has 3 rings (SSSR count). The SMILES string of the molecule is O=C(Nc1cc(Cl)ccc1N1CCCC1)c1ccc(F)cc1Br. The van der Waals surface area contributed by atoms with Gasteiger partial charge in [-0.15, -0.1) is 0 Å². The molecule has 0 saturated carbocycles. The van der Waals surface area contributed by atoms with Gasteiger partial charge >= 0.3 is 0 Å². The van der Waals surface area contributed by atoms with Gasteiger partial charge in [-0.2, -0.15) is 0 Å². The maximum Gasteiger partial charge on any atom is 0.256 e. The Morgan fingerprint density at radius 1 is 1.17 bits per heavy atom. The third kappa shape index (κ3) is 3.67. The van der Waals surface area contributed by atoms with Crippen LogP contribution >= 0.6 is 27.5 Å². The van der Waals surface area contributed by atoms with E-state index in [0.717, 1.165) is 31.6 Å². The van der Waals surface area contributed by atoms with Crippen molar-refractivity contribution in [3.63, 3.8) is 0 Å². The molecule has 1 fully saturated rings. The fourth-order valence-corrected chi connectivity index (χ4v) is 3.41. The van der Waals surface area contributed by atoms with Gasteiger partial charge in [-0.1, -0.05) is 11.6 Å². The predicted octanol–water partition coefficient (Wildman–Crippen LogP) is 5.09. The van der Waals surface area contributed by atoms with Gasteiger partial charge < -0.3 is 10.2 Å². The van der Waals surface area contributed by atoms with Crippen LogP contribution in [0.25, 0.3) is 0 Å². The van der Waals surface area contributed by atoms with Gasteiger partial charge in [0.05, 0.1) is 16.9 Å². The first-order valence-corrected chi connectivity index (χ1v) is 8.52. The van der Waals surface area contributed by atoms with Crippen molar-refractivity contribution < 1.29 is 9.18 Å². The summed E-state index contributed by atoms with van der Waals surface area (Å²) in [6.45, 7) is 1.93. The third-order valence-corrected chi connectivity index (χ3v) is 4.72. The van der Waals surface area contributed by atoms with E-state index in [4.69, 9.17) is 11.6 Å². The lowest BCUT2D eigenvalue weighted by atomic mass is 10.2. The highest BCUT2D eigenvalue weighted by molar-refractivity contribution is 9.10. The van der Waals surface area contributed by atoms with Gasteiger partial charge in [0.1, 0.15) is 5.82 Å². The van der Waals surface area contributed by atoms with Crippen LogP contribution < -0.4 is 10.2 Å². The van der Waals surface area contributed by atoms with E-state index in [9.17, 15) is 9.18 Å². The average molecular weight is 398 g/mol. The zero-order chi connectivity index (χ0) is 16.4. The van der Waals surface area contributed by atoms with Crippen LogP contribution in [0.3, 0.4) is 0 Å². The fraction of sp³-hybridized carbons (Fsp3) is 0.235. The van der Waals surface area contributed by atoms with E-state index in [-0.39, 0.29) is 5.91 Å². The number of carbonyl (C=O) groups is 1. The summed E-state index contributed by atoms with van der Waals surface area (Å²) in [4.78, 5) is 14.7. The van der Waals surface area contributed by atoms with Crippen LogP contribution in [0.2, 0.25) is 5.02 Å². The van der Waals surface area contributed by atoms with Gasteiger partial charge in [-0.25, -0.2) is 4.39 Å². The molecule has 6 heteroatoms. The molecule has 1 amide bonds. The average Bonchev–Trinajstić information content (AvgIpc) is 3.01. The number of amides is 1. The smallest absolute Gasteiger partial charge is 0.256 e. The molecule has 0 bridgehead atoms. The van der Waals surface area contributed by atoms with Crippen molar-refractivity contribution in [1.29, 1.82) is 0 Å². The monoisotopic (exact) mass is 396 g/mol. The maximum atomic E-state index is 13.2. The number of anilines is 2. The topological polar surface area (TPSA) is 32.3 Å². The van der Waals surface area contributed by atoms with Crippen molar-refractivity contribution in [2.75, 3.05) is 23.3 Å². The molecular weight excluding hydrogens is 383 g/mol. The minimum atomic E-state index is -0.395. The van der Waals surface area contributed by atoms with E-state index < -0.39 is 5.82 Å². The Kier molecular flexibility index (Phi) is 4.87. The first-order chi connectivity index (χ1) is 11.0. The lowest BCUT2D eigenvalue weighted by Gasteiger charge is -2.22. The van der Waals surface area contributed by atoms with Gasteiger partial charge in [-0.05, 0) is 65.2 Å². The number of hydrogen-bond donors (Lipinski definition) is 1. The zero-order valence-electron chi connectivity index (χ0n) is 12.3. The van der Waals surface area contributed by atoms with Crippen molar-refractivity contribution in [2.45, 2.75) is 12.8 Å². The normalized spacial score (nSPS) is 14.1. The number of nitrogens with one attached hydrogen (secondary N) is 1. The fourth-order valence-electron chi connectivity index (χ4n) is 2.71. The molecule has 0 unspecified atom stereocenters. The number of hydrogen-bond acceptors (Lipinski definition) is 2. The van der Waals surface area contributed by atoms with Crippen molar-refractivity contribution in [1.82, 2.24) is 0 Å². The molecule has 1 aliphatic rings. The Hall–Kier alpha value is -1.59. The van der Waals surface area contributed by atoms with E-state index in [0.29, 0.717) is 20.7 Å². The van der Waals surface area contributed by atoms with Gasteiger partial charge in [-0.3, -0.25) is 4.79 Å². The van der Waals surface area contributed by atoms with Crippen molar-refractivity contribution in [2.24, 2.45) is 0 Å². The van der Waals surface area contributed by atoms with E-state index in [1.807, 2.05) is 12.1 Å². The lowest BCUT2D eigenvalue weighted by molar-refractivity contribution is 0.102. The van der Waals surface area contributed by atoms with Crippen LogP contribution in [0, 0.1) is 5.82 Å². The molecule has 0 atom stereocenters. The number of halogens is 3. The highest BCUT2D eigenvalue weighted by Crippen LogP contribution is 2.32. The molecule has 0 spiro atoms. The Morgan fingerprint density at radius 3 is 2.61 bits per heavy atom. The van der Waals surface area contributed by atoms with E-state index in [2.05, 4.69) is 26.1 Å². The molecule has 2 aromatic rings. The van der Waals surface area contributed by atoms with Crippen molar-refractivity contribution in [3.05, 3.63) is 57.3 Å². The molecule has 0 aliphatic carbocycles. The molecule has 1 aliphatic heterocycles. The van der Waals surface area contributed by atoms with Gasteiger partial charge in [0.2, 0.25) is 0 Å². The molecule has 23 heavy (non-hydrogen) atoms. The van der Waals surface area contributed by atoms with Crippen LogP contribution in [0.4, 0.5) is 15.8 Å². The van der Waals surface area contributed by atoms with Gasteiger partial charge in [0.15, 0.2) is 0 Å². The molecule has 1 N–H and O–H groups in total. The van der Waals surface area contributed by atoms with Crippen molar-refractivity contribution in [3.8, 4) is 0 Å². The van der Waals surface area contributed by atoms with E-state index >= 15 is 0 Å². The number of rotatable bonds is 3. The third-order valence-electron chi connectivity index (χ3n) is 3.83. The first-order valence-electron chi connectivity index (χ1n) is 7.35. The molecule has 3 nitrogen and oxygen atoms in total. The molecule has 1 heterocycles. The van der Waals surface area contributed by atoms with E-state index in [1.54, 1.807) is 6.07 Å². The summed E-state index contributed by atoms with van der Waals surface area (Å²) < 4.78 is 13.6. The van der Waals surface area contributed by atoms with Crippen LogP contribution in [0.5, 0.6) is 0 Å². The Balaban J connectivity index is 1.89. The van der Waals surface area contributed by atoms with Crippen LogP contribution in [-0.4, -0.2) is 19.0 Å². The second kappa shape index (κ2) is 6.89. The summed E-state index contributed by atoms with van der Waals surface area (Å²) in [7, 11) is 0. The maximum absolute atomic E-state index is 13.2. The summed E-state index contributed by atoms with van der Waals surface area (Å²) >= 11 is 9.30. The summed E-state index contributed by atoms with van der Waals surface area (Å²) in [5.74, 6) is -0.700. The highest BCUT2D eigenvalue weighted by atomic mass is 79.9. The molecular formula is C17H15BrClFN2O. The Labute approximate surface area is 147 Å². The molecule has 0 radical (unpaired) electrons. The molecule has 120 valence electrons. The summed E-state index contributed by atoms with van der Waals surface area (Å²) in [6, 6.07) is 9.47. The summed E-state index contributed by atoms with van der Waals surface area (Å²) in [5.41, 5.74) is 2.00. The molecule has 2 aromatic carbocycles. The zero-order valence-corrected chi connectivity index (χ0v) is 14.6. The van der Waals surface area contributed by atoms with Crippen molar-refractivity contribution >= 4 is 44.8 Å². The second-order valence-corrected chi connectivity index (χ2v) is 6.72. The highest BCUT2D eigenvalue weighted by Gasteiger charge is 2.18. The Morgan fingerprint density at radius 2 is 1.91 bits per heavy atom. The van der Waals surface area contributed by atoms with Crippen LogP contribution in [0.15, 0.2) is 40.9 Å². The number of carbonyl (C=O) groups excluding carboxylic acids is 1. The quantitative estimate of drug-likeness (QED) is 0.782. The van der Waals surface area contributed by atoms with Crippen LogP contribution in [-0.2, 0) is 0 Å². The van der Waals surface area contributed by atoms with Gasteiger partial charge in [0.25, 0.3) is 5.91 Å². The molecule has 0 aromatic heterocycles. The molecule has 1 saturated heterocycles. The van der Waals surface area contributed by atoms with Crippen LogP contribution in [0.1, 0.15) is 23.2 Å². The summed E-state index contributed by atoms with van der Waals surface area (Å²) in [5, 5.41) is 3.44. The predicted molar refractivity (Wildman–Crippen MR) is 95.0 cm³/mol. The number of benzene rings is 2. The second-order valence-electron chi connectivity index (χ2n) is 5.43. The first kappa shape index (κ1) is 16.3. The summed E-state index contributed by atoms with van der Waals surface area (Å²) in [6.07, 6.45) is 2.28. The largest absolute Gasteiger partial charge is 0.370 e. The minimum absolute atomic E-state index is 0.306. The number of nitrogens with zero attached hydrogens (tertiary/aromatic N) is 1. The minimum Gasteiger partial charge on any atom is -0.370 e. The van der Waals surface area contributed by atoms with E-state index in [1.165, 1.54) is 18.2 Å². The van der Waals surface area contributed by atoms with Gasteiger partial charge in [0, 0.05) is 22.6 Å². The lowest BCUT2D eigenvalue weighted by Crippen LogP contribution is -2.21.